The van der Waals surface area contributed by atoms with E-state index >= 15 is 0 Å². The van der Waals surface area contributed by atoms with Gasteiger partial charge in [0.1, 0.15) is 0 Å². The van der Waals surface area contributed by atoms with E-state index in [1.807, 2.05) is 6.92 Å². The molecule has 1 rings (SSSR count). The van der Waals surface area contributed by atoms with Crippen LogP contribution in [0.3, 0.4) is 0 Å². The molecule has 0 bridgehead atoms. The first-order chi connectivity index (χ1) is 6.15. The highest BCUT2D eigenvalue weighted by Gasteiger charge is 2.27. The number of hydrogen-bond donors (Lipinski definition) is 3. The number of carboxylic acid groups (broad SMARTS) is 1. The van der Waals surface area contributed by atoms with Crippen molar-refractivity contribution in [3.05, 3.63) is 0 Å². The van der Waals surface area contributed by atoms with Crippen molar-refractivity contribution in [2.75, 3.05) is 19.7 Å². The van der Waals surface area contributed by atoms with Gasteiger partial charge in [0, 0.05) is 31.8 Å². The van der Waals surface area contributed by atoms with Gasteiger partial charge in [0.2, 0.25) is 0 Å². The maximum Gasteiger partial charge on any atom is 0.407 e. The lowest BCUT2D eigenvalue weighted by Gasteiger charge is -2.36. The van der Waals surface area contributed by atoms with Crippen LogP contribution >= 0.6 is 0 Å². The van der Waals surface area contributed by atoms with Gasteiger partial charge in [-0.05, 0) is 13.3 Å². The summed E-state index contributed by atoms with van der Waals surface area (Å²) in [6.45, 7) is 3.10. The van der Waals surface area contributed by atoms with E-state index in [0.717, 1.165) is 0 Å². The fourth-order valence-electron chi connectivity index (χ4n) is 1.55. The largest absolute Gasteiger partial charge is 0.465 e. The van der Waals surface area contributed by atoms with Gasteiger partial charge in [-0.1, -0.05) is 0 Å². The van der Waals surface area contributed by atoms with Gasteiger partial charge >= 0.3 is 6.09 Å². The molecule has 1 aliphatic rings. The highest BCUT2D eigenvalue weighted by atomic mass is 16.4. The minimum Gasteiger partial charge on any atom is -0.465 e. The Labute approximate surface area is 77.3 Å². The molecule has 0 aliphatic carbocycles. The second kappa shape index (κ2) is 4.43. The Morgan fingerprint density at radius 1 is 1.69 bits per heavy atom. The standard InChI is InChI=1S/C8H16N2O3/c1-6-4-9-7(2-3-11)5-10(6)8(12)13/h6-7,9,11H,2-5H2,1H3,(H,12,13). The molecule has 5 nitrogen and oxygen atoms in total. The van der Waals surface area contributed by atoms with Crippen LogP contribution < -0.4 is 5.32 Å². The number of amides is 1. The topological polar surface area (TPSA) is 72.8 Å². The molecule has 5 heteroatoms. The lowest BCUT2D eigenvalue weighted by molar-refractivity contribution is 0.0985. The first-order valence-corrected chi connectivity index (χ1v) is 4.49. The molecule has 1 saturated heterocycles. The first-order valence-electron chi connectivity index (χ1n) is 4.49. The van der Waals surface area contributed by atoms with Gasteiger partial charge < -0.3 is 20.4 Å². The van der Waals surface area contributed by atoms with Crippen molar-refractivity contribution >= 4 is 6.09 Å². The smallest absolute Gasteiger partial charge is 0.407 e. The van der Waals surface area contributed by atoms with Crippen LogP contribution in [0.5, 0.6) is 0 Å². The lowest BCUT2D eigenvalue weighted by Crippen LogP contribution is -2.57. The number of nitrogens with zero attached hydrogens (tertiary/aromatic N) is 1. The maximum absolute atomic E-state index is 10.8. The summed E-state index contributed by atoms with van der Waals surface area (Å²) >= 11 is 0. The second-order valence-corrected chi connectivity index (χ2v) is 3.40. The van der Waals surface area contributed by atoms with Gasteiger partial charge in [-0.2, -0.15) is 0 Å². The van der Waals surface area contributed by atoms with Crippen molar-refractivity contribution in [1.29, 1.82) is 0 Å². The summed E-state index contributed by atoms with van der Waals surface area (Å²) in [6.07, 6.45) is -0.270. The third-order valence-electron chi connectivity index (χ3n) is 2.37. The maximum atomic E-state index is 10.8. The van der Waals surface area contributed by atoms with Crippen molar-refractivity contribution in [1.82, 2.24) is 10.2 Å². The SMILES string of the molecule is CC1CNC(CCO)CN1C(=O)O. The van der Waals surface area contributed by atoms with Crippen LogP contribution in [0.25, 0.3) is 0 Å². The zero-order chi connectivity index (χ0) is 9.84. The van der Waals surface area contributed by atoms with Gasteiger partial charge in [-0.3, -0.25) is 0 Å². The van der Waals surface area contributed by atoms with E-state index in [1.165, 1.54) is 4.90 Å². The number of hydrogen-bond acceptors (Lipinski definition) is 3. The molecule has 0 radical (unpaired) electrons. The summed E-state index contributed by atoms with van der Waals surface area (Å²) in [7, 11) is 0. The van der Waals surface area contributed by atoms with Crippen LogP contribution in [-0.2, 0) is 0 Å². The molecule has 3 N–H and O–H groups in total. The molecular weight excluding hydrogens is 172 g/mol. The van der Waals surface area contributed by atoms with Crippen LogP contribution in [0.15, 0.2) is 0 Å². The van der Waals surface area contributed by atoms with Crippen molar-refractivity contribution in [2.45, 2.75) is 25.4 Å². The highest BCUT2D eigenvalue weighted by Crippen LogP contribution is 2.08. The molecule has 0 aromatic heterocycles. The van der Waals surface area contributed by atoms with E-state index < -0.39 is 6.09 Å². The average Bonchev–Trinajstić information content (AvgIpc) is 2.08. The summed E-state index contributed by atoms with van der Waals surface area (Å²) in [5.74, 6) is 0. The van der Waals surface area contributed by atoms with Crippen LogP contribution in [0.1, 0.15) is 13.3 Å². The predicted octanol–water partition coefficient (Wildman–Crippen LogP) is -0.291. The minimum atomic E-state index is -0.878. The van der Waals surface area contributed by atoms with Crippen molar-refractivity contribution in [3.63, 3.8) is 0 Å². The van der Waals surface area contributed by atoms with Crippen LogP contribution in [0.2, 0.25) is 0 Å². The van der Waals surface area contributed by atoms with Crippen LogP contribution in [-0.4, -0.2) is 53.0 Å². The highest BCUT2D eigenvalue weighted by molar-refractivity contribution is 5.65. The van der Waals surface area contributed by atoms with Gasteiger partial charge in [-0.15, -0.1) is 0 Å². The summed E-state index contributed by atoms with van der Waals surface area (Å²) in [5.41, 5.74) is 0. The molecule has 76 valence electrons. The van der Waals surface area contributed by atoms with E-state index in [9.17, 15) is 4.79 Å². The van der Waals surface area contributed by atoms with Gasteiger partial charge in [0.25, 0.3) is 0 Å². The fraction of sp³-hybridized carbons (Fsp3) is 0.875. The van der Waals surface area contributed by atoms with Crippen molar-refractivity contribution in [2.24, 2.45) is 0 Å². The Bertz CT molecular complexity index is 186. The lowest BCUT2D eigenvalue weighted by atomic mass is 10.1. The molecule has 0 aromatic carbocycles. The normalized spacial score (nSPS) is 28.9. The zero-order valence-electron chi connectivity index (χ0n) is 7.73. The van der Waals surface area contributed by atoms with E-state index in [2.05, 4.69) is 5.32 Å². The molecular formula is C8H16N2O3. The summed E-state index contributed by atoms with van der Waals surface area (Å²) in [5, 5.41) is 20.7. The van der Waals surface area contributed by atoms with Crippen molar-refractivity contribution < 1.29 is 15.0 Å². The minimum absolute atomic E-state index is 0.0208. The number of aliphatic hydroxyl groups excluding tert-OH is 1. The molecule has 0 saturated carbocycles. The summed E-state index contributed by atoms with van der Waals surface area (Å²) in [6, 6.07) is 0.116. The number of rotatable bonds is 2. The van der Waals surface area contributed by atoms with E-state index in [4.69, 9.17) is 10.2 Å². The zero-order valence-corrected chi connectivity index (χ0v) is 7.73. The Kier molecular flexibility index (Phi) is 3.50. The Balaban J connectivity index is 2.47. The molecule has 0 aromatic rings. The number of carbonyl (C=O) groups is 1. The first kappa shape index (κ1) is 10.3. The number of nitrogens with one attached hydrogen (secondary N) is 1. The Morgan fingerprint density at radius 3 is 2.92 bits per heavy atom. The molecule has 1 heterocycles. The molecule has 0 spiro atoms. The number of aliphatic hydroxyl groups is 1. The quantitative estimate of drug-likeness (QED) is 0.556. The van der Waals surface area contributed by atoms with Crippen LogP contribution in [0.4, 0.5) is 4.79 Å². The van der Waals surface area contributed by atoms with Crippen molar-refractivity contribution in [3.8, 4) is 0 Å². The summed E-state index contributed by atoms with van der Waals surface area (Å²) in [4.78, 5) is 12.2. The Morgan fingerprint density at radius 2 is 2.38 bits per heavy atom. The Hall–Kier alpha value is -0.810. The summed E-state index contributed by atoms with van der Waals surface area (Å²) < 4.78 is 0. The monoisotopic (exact) mass is 188 g/mol. The van der Waals surface area contributed by atoms with Gasteiger partial charge in [0.15, 0.2) is 0 Å². The molecule has 1 amide bonds. The fourth-order valence-corrected chi connectivity index (χ4v) is 1.55. The molecule has 2 unspecified atom stereocenters. The molecule has 2 atom stereocenters. The van der Waals surface area contributed by atoms with Gasteiger partial charge in [0.05, 0.1) is 0 Å². The number of piperazine rings is 1. The van der Waals surface area contributed by atoms with Gasteiger partial charge in [-0.25, -0.2) is 4.79 Å². The molecule has 1 aliphatic heterocycles. The predicted molar refractivity (Wildman–Crippen MR) is 47.7 cm³/mol. The van der Waals surface area contributed by atoms with E-state index in [0.29, 0.717) is 19.5 Å². The second-order valence-electron chi connectivity index (χ2n) is 3.40. The molecule has 13 heavy (non-hydrogen) atoms. The third-order valence-corrected chi connectivity index (χ3v) is 2.37. The molecule has 1 fully saturated rings. The third kappa shape index (κ3) is 2.57. The van der Waals surface area contributed by atoms with E-state index in [-0.39, 0.29) is 18.7 Å². The average molecular weight is 188 g/mol. The van der Waals surface area contributed by atoms with E-state index in [1.54, 1.807) is 0 Å². The van der Waals surface area contributed by atoms with Crippen LogP contribution in [0, 0.1) is 0 Å².